The molecule has 2 unspecified atom stereocenters. The van der Waals surface area contributed by atoms with E-state index in [1.165, 1.54) is 0 Å². The second kappa shape index (κ2) is 11.4. The van der Waals surface area contributed by atoms with Gasteiger partial charge >= 0.3 is 20.4 Å². The predicted octanol–water partition coefficient (Wildman–Crippen LogP) is 6.39. The molecular weight excluding hydrogens is 623 g/mol. The first-order chi connectivity index (χ1) is 19.5. The summed E-state index contributed by atoms with van der Waals surface area (Å²) in [6.45, 7) is 14.0. The second-order valence-electron chi connectivity index (χ2n) is 11.9. The molecule has 0 aromatic carbocycles. The molecule has 224 valence electrons. The van der Waals surface area contributed by atoms with E-state index in [9.17, 15) is 15.0 Å². The number of hydrogen-bond acceptors (Lipinski definition) is 6. The summed E-state index contributed by atoms with van der Waals surface area (Å²) in [5, 5.41) is 22.1. The molecule has 0 saturated carbocycles. The molecule has 0 amide bonds. The largest absolute Gasteiger partial charge is 2.00 e. The summed E-state index contributed by atoms with van der Waals surface area (Å²) in [5.41, 5.74) is 9.28. The molecule has 2 N–H and O–H groups in total. The van der Waals surface area contributed by atoms with E-state index in [1.54, 1.807) is 6.92 Å². The Kier molecular flexibility index (Phi) is 8.38. The van der Waals surface area contributed by atoms with Gasteiger partial charge in [0.25, 0.3) is 0 Å². The van der Waals surface area contributed by atoms with Crippen molar-refractivity contribution >= 4 is 27.9 Å². The smallest absolute Gasteiger partial charge is 0.657 e. The van der Waals surface area contributed by atoms with Crippen LogP contribution in [0.1, 0.15) is 146 Å². The number of ketones is 1. The van der Waals surface area contributed by atoms with Crippen LogP contribution in [-0.4, -0.2) is 26.0 Å². The van der Waals surface area contributed by atoms with Crippen LogP contribution in [0.4, 0.5) is 0 Å². The predicted molar refractivity (Wildman–Crippen MR) is 157 cm³/mol. The van der Waals surface area contributed by atoms with Gasteiger partial charge in [0.1, 0.15) is 0 Å². The van der Waals surface area contributed by atoms with Gasteiger partial charge in [0, 0.05) is 51.9 Å². The number of aliphatic hydroxyl groups is 2. The molecule has 8 bridgehead atoms. The molecule has 0 saturated heterocycles. The maximum absolute atomic E-state index is 12.8. The Balaban J connectivity index is 0.00000353. The third-order valence-corrected chi connectivity index (χ3v) is 9.44. The van der Waals surface area contributed by atoms with Crippen LogP contribution in [0.15, 0.2) is 18.2 Å². The molecule has 6 heterocycles. The van der Waals surface area contributed by atoms with Crippen LogP contribution in [0.3, 0.4) is 0 Å². The van der Waals surface area contributed by atoms with Crippen LogP contribution in [-0.2, 0) is 25.2 Å². The molecular formula is C33H38N4O4Pd. The first kappa shape index (κ1) is 30.8. The molecule has 6 atom stereocenters. The molecule has 0 fully saturated rings. The zero-order valence-electron chi connectivity index (χ0n) is 25.1. The van der Waals surface area contributed by atoms with E-state index >= 15 is 0 Å². The summed E-state index contributed by atoms with van der Waals surface area (Å²) in [4.78, 5) is 32.9. The van der Waals surface area contributed by atoms with E-state index in [0.717, 1.165) is 58.7 Å². The number of aromatic nitrogens is 4. The number of aliphatic hydroxyl groups excluding tert-OH is 2. The van der Waals surface area contributed by atoms with Crippen LogP contribution in [0.5, 0.6) is 0 Å². The molecule has 6 rings (SSSR count). The average molecular weight is 661 g/mol. The van der Waals surface area contributed by atoms with E-state index < -0.39 is 12.6 Å². The normalized spacial score (nSPS) is 24.9. The van der Waals surface area contributed by atoms with Crippen molar-refractivity contribution in [3.8, 4) is 0 Å². The zero-order chi connectivity index (χ0) is 29.3. The number of ether oxygens (including phenoxy) is 1. The van der Waals surface area contributed by atoms with E-state index in [0.29, 0.717) is 33.2 Å². The van der Waals surface area contributed by atoms with Gasteiger partial charge in [-0.2, -0.15) is 0 Å². The molecule has 3 aromatic heterocycles. The van der Waals surface area contributed by atoms with Crippen LogP contribution in [0.2, 0.25) is 0 Å². The number of carbonyl (C=O) groups is 1. The van der Waals surface area contributed by atoms with Crippen molar-refractivity contribution in [2.75, 3.05) is 0 Å². The molecule has 3 aromatic rings. The van der Waals surface area contributed by atoms with Crippen LogP contribution >= 0.6 is 0 Å². The van der Waals surface area contributed by atoms with Gasteiger partial charge in [0.2, 0.25) is 0 Å². The number of nitrogens with zero attached hydrogens (tertiary/aromatic N) is 4. The first-order valence-corrected chi connectivity index (χ1v) is 14.7. The Labute approximate surface area is 260 Å². The van der Waals surface area contributed by atoms with Crippen LogP contribution in [0, 0.1) is 13.8 Å². The molecule has 3 aliphatic rings. The Morgan fingerprint density at radius 2 is 1.45 bits per heavy atom. The van der Waals surface area contributed by atoms with Crippen molar-refractivity contribution in [2.45, 2.75) is 104 Å². The summed E-state index contributed by atoms with van der Waals surface area (Å²) in [6, 6.07) is 5.94. The van der Waals surface area contributed by atoms with Crippen molar-refractivity contribution in [1.82, 2.24) is 19.9 Å². The Morgan fingerprint density at radius 3 is 2.12 bits per heavy atom. The van der Waals surface area contributed by atoms with Crippen molar-refractivity contribution in [2.24, 2.45) is 0 Å². The van der Waals surface area contributed by atoms with Gasteiger partial charge in [-0.25, -0.2) is 0 Å². The molecule has 0 spiro atoms. The topological polar surface area (TPSA) is 121 Å². The summed E-state index contributed by atoms with van der Waals surface area (Å²) in [6.07, 6.45) is 0.0253. The minimum Gasteiger partial charge on any atom is -0.657 e. The second-order valence-corrected chi connectivity index (χ2v) is 11.9. The molecule has 42 heavy (non-hydrogen) atoms. The monoisotopic (exact) mass is 660 g/mol. The van der Waals surface area contributed by atoms with Gasteiger partial charge in [0.15, 0.2) is 18.4 Å². The van der Waals surface area contributed by atoms with Gasteiger partial charge in [-0.1, -0.05) is 63.4 Å². The van der Waals surface area contributed by atoms with Gasteiger partial charge in [-0.05, 0) is 39.2 Å². The standard InChI is InChI=1S/C33H39N4O4.Pd/c1-8-10-20-15(4)22-11-23-16(5)27(18(7)38)26(35-23)13-21-14(3)19(9-2)25(34-21)12-24-17(6)28-31(37-24)29(30(20)36-22)33(40)41-32(28)39;/h11-15,19-20,32-33,39-40H,8-10H2,1-7H3,(H-,34,35,36,37,38);/q-1;+2/p-1/t14-,15+,19?,20?,32+,33-;/m1./s1. The fraction of sp³-hybridized carbons (Fsp3) is 0.485. The number of fused-ring (bicyclic) bond motifs is 8. The van der Waals surface area contributed by atoms with Gasteiger partial charge in [-0.3, -0.25) is 14.8 Å². The summed E-state index contributed by atoms with van der Waals surface area (Å²) in [7, 11) is 0. The summed E-state index contributed by atoms with van der Waals surface area (Å²) >= 11 is 0. The minimum atomic E-state index is -1.36. The third kappa shape index (κ3) is 4.71. The number of hydrogen-bond donors (Lipinski definition) is 2. The Hall–Kier alpha value is -2.67. The van der Waals surface area contributed by atoms with Crippen molar-refractivity contribution in [3.63, 3.8) is 0 Å². The van der Waals surface area contributed by atoms with Gasteiger partial charge < -0.3 is 24.9 Å². The van der Waals surface area contributed by atoms with E-state index in [-0.39, 0.29) is 49.9 Å². The number of carbonyl (C=O) groups excluding carboxylic acids is 1. The number of aryl methyl sites for hydroxylation is 2. The Bertz CT molecular complexity index is 1720. The van der Waals surface area contributed by atoms with Crippen LogP contribution in [0.25, 0.3) is 22.1 Å². The summed E-state index contributed by atoms with van der Waals surface area (Å²) < 4.78 is 5.68. The molecule has 0 radical (unpaired) electrons. The van der Waals surface area contributed by atoms with E-state index in [2.05, 4.69) is 27.7 Å². The van der Waals surface area contributed by atoms with Crippen molar-refractivity contribution in [1.29, 1.82) is 0 Å². The third-order valence-electron chi connectivity index (χ3n) is 9.44. The molecule has 3 aliphatic heterocycles. The maximum Gasteiger partial charge on any atom is 2.00 e. The SMILES string of the molecule is CCCC1c2nc(cc3[n-]c(cc4nc(cc5[n-]c6c2[C@H](O)O[C@H](O)c6c5C)C(CC)[C@H]4C)c(C(C)=O)c3C)[C@H]1C.[Pd+2]. The van der Waals surface area contributed by atoms with Gasteiger partial charge in [0.05, 0.1) is 5.69 Å². The fourth-order valence-electron chi connectivity index (χ4n) is 7.10. The number of Topliss-reactive ketones (excluding diaryl/α,β-unsaturated/α-hetero) is 1. The zero-order valence-corrected chi connectivity index (χ0v) is 26.7. The quantitative estimate of drug-likeness (QED) is 0.244. The fourth-order valence-corrected chi connectivity index (χ4v) is 7.10. The molecule has 9 heteroatoms. The number of rotatable bonds is 4. The Morgan fingerprint density at radius 1 is 0.857 bits per heavy atom. The summed E-state index contributed by atoms with van der Waals surface area (Å²) in [5.74, 6) is 0.327. The minimum absolute atomic E-state index is 0. The van der Waals surface area contributed by atoms with Crippen molar-refractivity contribution in [3.05, 3.63) is 68.8 Å². The van der Waals surface area contributed by atoms with Crippen molar-refractivity contribution < 1.29 is 40.2 Å². The van der Waals surface area contributed by atoms with E-state index in [1.807, 2.05) is 32.0 Å². The molecule has 8 nitrogen and oxygen atoms in total. The average Bonchev–Trinajstić information content (AvgIpc) is 3.59. The first-order valence-electron chi connectivity index (χ1n) is 14.7. The molecule has 0 aliphatic carbocycles. The van der Waals surface area contributed by atoms with Crippen LogP contribution < -0.4 is 9.97 Å². The van der Waals surface area contributed by atoms with E-state index in [4.69, 9.17) is 24.7 Å². The maximum atomic E-state index is 12.8. The van der Waals surface area contributed by atoms with Gasteiger partial charge in [-0.15, -0.1) is 22.1 Å².